The van der Waals surface area contributed by atoms with Crippen molar-refractivity contribution < 1.29 is 19.0 Å². The van der Waals surface area contributed by atoms with Gasteiger partial charge in [-0.2, -0.15) is 0 Å². The quantitative estimate of drug-likeness (QED) is 0.296. The summed E-state index contributed by atoms with van der Waals surface area (Å²) >= 11 is 0. The fraction of sp³-hybridized carbons (Fsp3) is 0.560. The number of likely N-dealkylation sites (N-methyl/N-ethyl adjacent to an activating group) is 1. The van der Waals surface area contributed by atoms with E-state index in [0.717, 1.165) is 25.1 Å². The number of esters is 1. The largest absolute Gasteiger partial charge is 0.468 e. The molecule has 0 spiro atoms. The van der Waals surface area contributed by atoms with Gasteiger partial charge in [-0.1, -0.05) is 18.2 Å². The van der Waals surface area contributed by atoms with E-state index in [4.69, 9.17) is 14.2 Å². The minimum Gasteiger partial charge on any atom is -0.468 e. The molecule has 5 nitrogen and oxygen atoms in total. The van der Waals surface area contributed by atoms with Crippen LogP contribution in [0, 0.1) is 5.92 Å². The first-order valence-corrected chi connectivity index (χ1v) is 11.1. The number of piperidine rings is 1. The number of likely N-dealkylation sites (tertiary alicyclic amines) is 1. The Labute approximate surface area is 179 Å². The van der Waals surface area contributed by atoms with E-state index in [1.807, 2.05) is 13.0 Å². The van der Waals surface area contributed by atoms with Crippen molar-refractivity contribution in [2.75, 3.05) is 34.1 Å². The Morgan fingerprint density at radius 1 is 1.33 bits per heavy atom. The van der Waals surface area contributed by atoms with E-state index < -0.39 is 0 Å². The number of fused-ring (bicyclic) bond motifs is 1. The first-order valence-electron chi connectivity index (χ1n) is 11.1. The molecule has 1 fully saturated rings. The fourth-order valence-electron chi connectivity index (χ4n) is 5.73. The summed E-state index contributed by atoms with van der Waals surface area (Å²) in [5.74, 6) is 1.12. The minimum atomic E-state index is -0.286. The number of carbonyl (C=O) groups is 1. The van der Waals surface area contributed by atoms with Gasteiger partial charge in [-0.15, -0.1) is 0 Å². The highest BCUT2D eigenvalue weighted by Gasteiger charge is 2.52. The number of methoxy groups -OCH3 is 1. The van der Waals surface area contributed by atoms with E-state index in [1.54, 1.807) is 13.2 Å². The zero-order valence-electron chi connectivity index (χ0n) is 18.4. The predicted octanol–water partition coefficient (Wildman–Crippen LogP) is 3.80. The zero-order valence-corrected chi connectivity index (χ0v) is 18.4. The van der Waals surface area contributed by atoms with Gasteiger partial charge in [-0.05, 0) is 81.4 Å². The highest BCUT2D eigenvalue weighted by Crippen LogP contribution is 2.54. The molecule has 0 amide bonds. The summed E-state index contributed by atoms with van der Waals surface area (Å²) in [6.07, 6.45) is 13.5. The van der Waals surface area contributed by atoms with Crippen LogP contribution in [0.2, 0.25) is 0 Å². The first kappa shape index (κ1) is 21.1. The molecule has 4 rings (SSSR count). The summed E-state index contributed by atoms with van der Waals surface area (Å²) in [5.41, 5.74) is 4.32. The maximum atomic E-state index is 11.8. The van der Waals surface area contributed by atoms with Crippen LogP contribution in [0.4, 0.5) is 0 Å². The Morgan fingerprint density at radius 2 is 2.20 bits per heavy atom. The van der Waals surface area contributed by atoms with Crippen LogP contribution in [-0.4, -0.2) is 51.0 Å². The van der Waals surface area contributed by atoms with Crippen LogP contribution in [0.15, 0.2) is 36.4 Å². The third kappa shape index (κ3) is 3.81. The van der Waals surface area contributed by atoms with Crippen molar-refractivity contribution in [1.29, 1.82) is 0 Å². The van der Waals surface area contributed by atoms with Crippen molar-refractivity contribution in [3.8, 4) is 5.75 Å². The molecule has 0 radical (unpaired) electrons. The molecule has 0 N–H and O–H groups in total. The van der Waals surface area contributed by atoms with Crippen molar-refractivity contribution in [2.45, 2.75) is 50.5 Å². The second-order valence-corrected chi connectivity index (χ2v) is 8.67. The summed E-state index contributed by atoms with van der Waals surface area (Å²) in [7, 11) is 3.90. The molecular weight excluding hydrogens is 378 g/mol. The average molecular weight is 412 g/mol. The molecule has 0 saturated carbocycles. The van der Waals surface area contributed by atoms with Crippen LogP contribution in [0.1, 0.15) is 42.9 Å². The second kappa shape index (κ2) is 8.94. The van der Waals surface area contributed by atoms with E-state index in [-0.39, 0.29) is 18.2 Å². The average Bonchev–Trinajstić information content (AvgIpc) is 2.75. The molecule has 1 heterocycles. The number of hydrogen-bond donors (Lipinski definition) is 0. The highest BCUT2D eigenvalue weighted by atomic mass is 16.7. The minimum absolute atomic E-state index is 0.186. The summed E-state index contributed by atoms with van der Waals surface area (Å²) < 4.78 is 16.1. The molecule has 1 aromatic rings. The molecule has 1 saturated heterocycles. The van der Waals surface area contributed by atoms with Crippen molar-refractivity contribution in [1.82, 2.24) is 4.90 Å². The lowest BCUT2D eigenvalue weighted by atomic mass is 9.53. The van der Waals surface area contributed by atoms with Gasteiger partial charge in [0.2, 0.25) is 0 Å². The standard InChI is InChI=1S/C25H33NO4/c1-4-29-24(27)10-7-8-18-14-19(30-17-28-3)15-22-20(18)16-23-21-9-5-6-11-25(21,22)12-13-26(23)2/h5,7,9-10,14-15,21,23H,4,6,8,11-13,16-17H2,1-3H3/b10-7+/t21-,23+,25+/m0/s1. The van der Waals surface area contributed by atoms with Crippen LogP contribution in [0.25, 0.3) is 0 Å². The number of ether oxygens (including phenoxy) is 3. The molecule has 1 aromatic carbocycles. The number of benzene rings is 1. The Balaban J connectivity index is 1.75. The van der Waals surface area contributed by atoms with Crippen LogP contribution >= 0.6 is 0 Å². The fourth-order valence-corrected chi connectivity index (χ4v) is 5.73. The third-order valence-corrected chi connectivity index (χ3v) is 7.12. The molecule has 2 aliphatic carbocycles. The molecule has 5 heteroatoms. The number of nitrogens with zero attached hydrogens (tertiary/aromatic N) is 1. The molecule has 2 bridgehead atoms. The van der Waals surface area contributed by atoms with Gasteiger partial charge in [0, 0.05) is 30.6 Å². The van der Waals surface area contributed by atoms with Gasteiger partial charge in [0.05, 0.1) is 6.61 Å². The number of carbonyl (C=O) groups excluding carboxylic acids is 1. The summed E-state index contributed by atoms with van der Waals surface area (Å²) in [6, 6.07) is 4.92. The maximum absolute atomic E-state index is 11.8. The number of rotatable bonds is 7. The van der Waals surface area contributed by atoms with E-state index >= 15 is 0 Å². The van der Waals surface area contributed by atoms with Gasteiger partial charge in [0.25, 0.3) is 0 Å². The Kier molecular flexibility index (Phi) is 6.30. The smallest absolute Gasteiger partial charge is 0.330 e. The molecule has 3 atom stereocenters. The number of allylic oxidation sites excluding steroid dienone is 2. The van der Waals surface area contributed by atoms with Crippen molar-refractivity contribution in [3.05, 3.63) is 53.1 Å². The zero-order chi connectivity index (χ0) is 21.1. The lowest BCUT2D eigenvalue weighted by molar-refractivity contribution is -0.137. The van der Waals surface area contributed by atoms with Gasteiger partial charge in [-0.25, -0.2) is 4.79 Å². The molecular formula is C25H33NO4. The van der Waals surface area contributed by atoms with E-state index in [2.05, 4.69) is 36.2 Å². The van der Waals surface area contributed by atoms with Gasteiger partial charge in [-0.3, -0.25) is 0 Å². The van der Waals surface area contributed by atoms with Gasteiger partial charge < -0.3 is 19.1 Å². The van der Waals surface area contributed by atoms with E-state index in [1.165, 1.54) is 29.5 Å². The van der Waals surface area contributed by atoms with Crippen molar-refractivity contribution in [3.63, 3.8) is 0 Å². The second-order valence-electron chi connectivity index (χ2n) is 8.67. The van der Waals surface area contributed by atoms with Crippen LogP contribution in [-0.2, 0) is 32.5 Å². The SMILES string of the molecule is CCOC(=O)/C=C/Cc1cc(OCOC)cc2c1C[C@@H]1[C@@H]3C=CCC[C@]23CCN1C. The molecule has 0 aromatic heterocycles. The Hall–Kier alpha value is -2.11. The number of hydrogen-bond acceptors (Lipinski definition) is 5. The van der Waals surface area contributed by atoms with Gasteiger partial charge in [0.1, 0.15) is 5.75 Å². The highest BCUT2D eigenvalue weighted by molar-refractivity contribution is 5.81. The van der Waals surface area contributed by atoms with Crippen molar-refractivity contribution >= 4 is 5.97 Å². The lowest BCUT2D eigenvalue weighted by Crippen LogP contribution is -2.59. The van der Waals surface area contributed by atoms with Crippen LogP contribution in [0.5, 0.6) is 5.75 Å². The third-order valence-electron chi connectivity index (χ3n) is 7.12. The summed E-state index contributed by atoms with van der Waals surface area (Å²) in [4.78, 5) is 14.3. The monoisotopic (exact) mass is 411 g/mol. The molecule has 30 heavy (non-hydrogen) atoms. The normalized spacial score (nSPS) is 27.6. The molecule has 1 aliphatic heterocycles. The maximum Gasteiger partial charge on any atom is 0.330 e. The van der Waals surface area contributed by atoms with Crippen LogP contribution < -0.4 is 4.74 Å². The molecule has 0 unspecified atom stereocenters. The van der Waals surface area contributed by atoms with E-state index in [0.29, 0.717) is 25.0 Å². The topological polar surface area (TPSA) is 48.0 Å². The van der Waals surface area contributed by atoms with Gasteiger partial charge >= 0.3 is 5.97 Å². The first-order chi connectivity index (χ1) is 14.6. The molecule has 162 valence electrons. The Morgan fingerprint density at radius 3 is 3.00 bits per heavy atom. The van der Waals surface area contributed by atoms with Crippen LogP contribution in [0.3, 0.4) is 0 Å². The van der Waals surface area contributed by atoms with Gasteiger partial charge in [0.15, 0.2) is 6.79 Å². The predicted molar refractivity (Wildman–Crippen MR) is 117 cm³/mol. The summed E-state index contributed by atoms with van der Waals surface area (Å²) in [6.45, 7) is 3.58. The van der Waals surface area contributed by atoms with E-state index in [9.17, 15) is 4.79 Å². The lowest BCUT2D eigenvalue weighted by Gasteiger charge is -2.57. The Bertz CT molecular complexity index is 846. The van der Waals surface area contributed by atoms with Crippen molar-refractivity contribution in [2.24, 2.45) is 5.92 Å². The molecule has 3 aliphatic rings. The summed E-state index contributed by atoms with van der Waals surface area (Å²) in [5, 5.41) is 0.